The van der Waals surface area contributed by atoms with Gasteiger partial charge in [0.15, 0.2) is 0 Å². The summed E-state index contributed by atoms with van der Waals surface area (Å²) in [7, 11) is 1.89. The Hall–Kier alpha value is -3.97. The van der Waals surface area contributed by atoms with Gasteiger partial charge in [-0.15, -0.1) is 0 Å². The van der Waals surface area contributed by atoms with E-state index in [0.717, 1.165) is 39.2 Å². The quantitative estimate of drug-likeness (QED) is 0.351. The molecule has 0 fully saturated rings. The molecule has 1 atom stereocenters. The summed E-state index contributed by atoms with van der Waals surface area (Å²) in [6, 6.07) is 17.2. The molecule has 0 saturated heterocycles. The number of nitrogens with zero attached hydrogens (tertiary/aromatic N) is 5. The number of hydrogen-bond acceptors (Lipinski definition) is 4. The zero-order chi connectivity index (χ0) is 23.7. The Morgan fingerprint density at radius 1 is 1.00 bits per heavy atom. The fourth-order valence-corrected chi connectivity index (χ4v) is 4.21. The molecule has 0 aliphatic rings. The molecule has 170 valence electrons. The second-order valence-electron chi connectivity index (χ2n) is 8.15. The van der Waals surface area contributed by atoms with Gasteiger partial charge >= 0.3 is 0 Å². The van der Waals surface area contributed by atoms with Gasteiger partial charge in [0, 0.05) is 46.8 Å². The van der Waals surface area contributed by atoms with Crippen molar-refractivity contribution in [3.05, 3.63) is 90.1 Å². The standard InChI is InChI=1S/C26H23ClN6O/c1-3-23(17-4-8-21(27)9-5-17)26(34)31-22-10-6-18(7-11-22)25-24-12-19(15-33(24)30-16-28-25)20-13-29-32(2)14-20/h4-16,23H,3H2,1-2H3,(H,31,34)/t23-/m0/s1. The molecule has 1 amide bonds. The molecule has 0 bridgehead atoms. The molecule has 34 heavy (non-hydrogen) atoms. The van der Waals surface area contributed by atoms with E-state index in [0.29, 0.717) is 11.4 Å². The maximum absolute atomic E-state index is 12.9. The van der Waals surface area contributed by atoms with Crippen LogP contribution in [0.2, 0.25) is 5.02 Å². The number of carbonyl (C=O) groups is 1. The molecule has 0 aliphatic heterocycles. The molecule has 5 rings (SSSR count). The number of anilines is 1. The molecule has 0 radical (unpaired) electrons. The van der Waals surface area contributed by atoms with Crippen molar-refractivity contribution in [2.24, 2.45) is 7.05 Å². The average Bonchev–Trinajstić information content (AvgIpc) is 3.47. The predicted molar refractivity (Wildman–Crippen MR) is 134 cm³/mol. The van der Waals surface area contributed by atoms with Crippen LogP contribution in [0.25, 0.3) is 27.9 Å². The van der Waals surface area contributed by atoms with Crippen LogP contribution in [-0.4, -0.2) is 30.3 Å². The highest BCUT2D eigenvalue weighted by Crippen LogP contribution is 2.29. The van der Waals surface area contributed by atoms with Crippen LogP contribution in [0, 0.1) is 0 Å². The van der Waals surface area contributed by atoms with Crippen LogP contribution in [-0.2, 0) is 11.8 Å². The number of aromatic nitrogens is 5. The van der Waals surface area contributed by atoms with Crippen molar-refractivity contribution in [1.82, 2.24) is 24.4 Å². The Balaban J connectivity index is 1.38. The normalized spacial score (nSPS) is 12.1. The molecule has 0 saturated carbocycles. The lowest BCUT2D eigenvalue weighted by molar-refractivity contribution is -0.117. The molecule has 5 aromatic rings. The summed E-state index contributed by atoms with van der Waals surface area (Å²) in [6.45, 7) is 2.00. The van der Waals surface area contributed by atoms with E-state index in [2.05, 4.69) is 26.6 Å². The minimum atomic E-state index is -0.245. The lowest BCUT2D eigenvalue weighted by Crippen LogP contribution is -2.20. The van der Waals surface area contributed by atoms with E-state index in [1.807, 2.05) is 85.6 Å². The third-order valence-electron chi connectivity index (χ3n) is 5.87. The van der Waals surface area contributed by atoms with Gasteiger partial charge in [0.05, 0.1) is 23.3 Å². The Morgan fingerprint density at radius 3 is 2.44 bits per heavy atom. The summed E-state index contributed by atoms with van der Waals surface area (Å²) in [5, 5.41) is 12.3. The van der Waals surface area contributed by atoms with Crippen LogP contribution in [0.3, 0.4) is 0 Å². The highest BCUT2D eigenvalue weighted by molar-refractivity contribution is 6.30. The minimum absolute atomic E-state index is 0.0466. The van der Waals surface area contributed by atoms with Crippen LogP contribution in [0.4, 0.5) is 5.69 Å². The summed E-state index contributed by atoms with van der Waals surface area (Å²) in [5.74, 6) is -0.292. The van der Waals surface area contributed by atoms with Crippen molar-refractivity contribution >= 4 is 28.7 Å². The summed E-state index contributed by atoms with van der Waals surface area (Å²) in [5.41, 5.74) is 6.36. The third-order valence-corrected chi connectivity index (χ3v) is 6.12. The average molecular weight is 471 g/mol. The van der Waals surface area contributed by atoms with Crippen LogP contribution in [0.5, 0.6) is 0 Å². The first kappa shape index (κ1) is 21.9. The molecule has 0 spiro atoms. The Kier molecular flexibility index (Phi) is 5.86. The molecule has 1 N–H and O–H groups in total. The van der Waals surface area contributed by atoms with Crippen molar-refractivity contribution in [3.63, 3.8) is 0 Å². The van der Waals surface area contributed by atoms with Gasteiger partial charge in [0.2, 0.25) is 5.91 Å². The van der Waals surface area contributed by atoms with E-state index in [-0.39, 0.29) is 11.8 Å². The van der Waals surface area contributed by atoms with Crippen LogP contribution in [0.15, 0.2) is 79.5 Å². The molecular formula is C26H23ClN6O. The topological polar surface area (TPSA) is 77.1 Å². The number of nitrogens with one attached hydrogen (secondary N) is 1. The maximum Gasteiger partial charge on any atom is 0.231 e. The van der Waals surface area contributed by atoms with Crippen molar-refractivity contribution in [1.29, 1.82) is 0 Å². The summed E-state index contributed by atoms with van der Waals surface area (Å²) >= 11 is 5.99. The lowest BCUT2D eigenvalue weighted by atomic mass is 9.95. The van der Waals surface area contributed by atoms with Gasteiger partial charge in [-0.2, -0.15) is 10.2 Å². The van der Waals surface area contributed by atoms with Crippen LogP contribution < -0.4 is 5.32 Å². The number of carbonyl (C=O) groups excluding carboxylic acids is 1. The van der Waals surface area contributed by atoms with Gasteiger partial charge in [-0.25, -0.2) is 9.50 Å². The first-order chi connectivity index (χ1) is 16.5. The monoisotopic (exact) mass is 470 g/mol. The predicted octanol–water partition coefficient (Wildman–Crippen LogP) is 5.58. The summed E-state index contributed by atoms with van der Waals surface area (Å²) < 4.78 is 3.59. The van der Waals surface area contributed by atoms with E-state index >= 15 is 0 Å². The van der Waals surface area contributed by atoms with Gasteiger partial charge in [-0.1, -0.05) is 42.8 Å². The zero-order valence-electron chi connectivity index (χ0n) is 18.8. The number of hydrogen-bond donors (Lipinski definition) is 1. The molecule has 3 aromatic heterocycles. The molecule has 0 unspecified atom stereocenters. The number of amides is 1. The van der Waals surface area contributed by atoms with E-state index in [1.54, 1.807) is 11.0 Å². The largest absolute Gasteiger partial charge is 0.326 e. The van der Waals surface area contributed by atoms with Gasteiger partial charge in [-0.05, 0) is 42.3 Å². The molecule has 0 aliphatic carbocycles. The van der Waals surface area contributed by atoms with Gasteiger partial charge in [0.25, 0.3) is 0 Å². The highest BCUT2D eigenvalue weighted by Gasteiger charge is 2.19. The van der Waals surface area contributed by atoms with Gasteiger partial charge < -0.3 is 5.32 Å². The van der Waals surface area contributed by atoms with E-state index in [1.165, 1.54) is 0 Å². The number of aryl methyl sites for hydroxylation is 1. The maximum atomic E-state index is 12.9. The van der Waals surface area contributed by atoms with E-state index < -0.39 is 0 Å². The van der Waals surface area contributed by atoms with Crippen molar-refractivity contribution in [3.8, 4) is 22.4 Å². The van der Waals surface area contributed by atoms with Crippen LogP contribution >= 0.6 is 11.6 Å². The van der Waals surface area contributed by atoms with Crippen molar-refractivity contribution < 1.29 is 4.79 Å². The van der Waals surface area contributed by atoms with E-state index in [9.17, 15) is 4.79 Å². The second kappa shape index (κ2) is 9.11. The molecule has 8 heteroatoms. The van der Waals surface area contributed by atoms with Crippen molar-refractivity contribution in [2.45, 2.75) is 19.3 Å². The number of fused-ring (bicyclic) bond motifs is 1. The molecule has 2 aromatic carbocycles. The molecule has 7 nitrogen and oxygen atoms in total. The Morgan fingerprint density at radius 2 is 1.76 bits per heavy atom. The van der Waals surface area contributed by atoms with Crippen LogP contribution in [0.1, 0.15) is 24.8 Å². The second-order valence-corrected chi connectivity index (χ2v) is 8.59. The number of benzene rings is 2. The van der Waals surface area contributed by atoms with E-state index in [4.69, 9.17) is 11.6 Å². The SMILES string of the molecule is CC[C@H](C(=O)Nc1ccc(-c2ncnn3cc(-c4cnn(C)c4)cc23)cc1)c1ccc(Cl)cc1. The summed E-state index contributed by atoms with van der Waals surface area (Å²) in [4.78, 5) is 17.4. The fraction of sp³-hybridized carbons (Fsp3) is 0.154. The first-order valence-corrected chi connectivity index (χ1v) is 11.4. The zero-order valence-corrected chi connectivity index (χ0v) is 19.6. The summed E-state index contributed by atoms with van der Waals surface area (Å²) in [6.07, 6.45) is 7.99. The lowest BCUT2D eigenvalue weighted by Gasteiger charge is -2.16. The van der Waals surface area contributed by atoms with Gasteiger partial charge in [0.1, 0.15) is 6.33 Å². The Labute approximate surface area is 202 Å². The Bertz CT molecular complexity index is 1450. The number of halogens is 1. The third kappa shape index (κ3) is 4.30. The highest BCUT2D eigenvalue weighted by atomic mass is 35.5. The first-order valence-electron chi connectivity index (χ1n) is 11.0. The number of rotatable bonds is 6. The minimum Gasteiger partial charge on any atom is -0.326 e. The fourth-order valence-electron chi connectivity index (χ4n) is 4.09. The molecule has 3 heterocycles. The molecular weight excluding hydrogens is 448 g/mol. The van der Waals surface area contributed by atoms with Gasteiger partial charge in [-0.3, -0.25) is 9.48 Å². The smallest absolute Gasteiger partial charge is 0.231 e. The van der Waals surface area contributed by atoms with Crippen molar-refractivity contribution in [2.75, 3.05) is 5.32 Å².